The molecule has 0 spiro atoms. The molecule has 6 atom stereocenters. The van der Waals surface area contributed by atoms with Crippen LogP contribution in [0.2, 0.25) is 0 Å². The van der Waals surface area contributed by atoms with Gasteiger partial charge in [-0.1, -0.05) is 90.4 Å². The molecular weight excluding hydrogens is 532 g/mol. The van der Waals surface area contributed by atoms with Crippen molar-refractivity contribution in [1.82, 2.24) is 0 Å². The number of hydrogen-bond acceptors (Lipinski definition) is 7. The Hall–Kier alpha value is -1.28. The minimum atomic E-state index is -0.625. The molecule has 7 nitrogen and oxygen atoms in total. The number of esters is 1. The molecule has 6 unspecified atom stereocenters. The Morgan fingerprint density at radius 3 is 1.79 bits per heavy atom. The van der Waals surface area contributed by atoms with Gasteiger partial charge in [0.15, 0.2) is 0 Å². The van der Waals surface area contributed by atoms with Crippen molar-refractivity contribution >= 4 is 11.8 Å². The zero-order chi connectivity index (χ0) is 30.6. The van der Waals surface area contributed by atoms with Gasteiger partial charge in [-0.3, -0.25) is 4.79 Å². The number of aliphatic hydroxyl groups excluding tert-OH is 3. The van der Waals surface area contributed by atoms with Crippen LogP contribution in [0.1, 0.15) is 162 Å². The van der Waals surface area contributed by atoms with Crippen LogP contribution in [-0.4, -0.2) is 63.7 Å². The number of ether oxygens (including phenoxy) is 2. The molecule has 0 aromatic rings. The van der Waals surface area contributed by atoms with E-state index in [1.807, 2.05) is 0 Å². The van der Waals surface area contributed by atoms with Crippen molar-refractivity contribution in [2.45, 2.75) is 198 Å². The molecule has 0 saturated carbocycles. The Balaban J connectivity index is 1.41. The molecule has 244 valence electrons. The summed E-state index contributed by atoms with van der Waals surface area (Å²) in [5.41, 5.74) is 0.530. The van der Waals surface area contributed by atoms with Gasteiger partial charge < -0.3 is 24.8 Å². The van der Waals surface area contributed by atoms with Gasteiger partial charge in [0.05, 0.1) is 30.5 Å². The monoisotopic (exact) mass is 594 g/mol. The molecule has 2 heterocycles. The quantitative estimate of drug-likeness (QED) is 0.0713. The summed E-state index contributed by atoms with van der Waals surface area (Å²) in [7, 11) is 0. The number of cyclic esters (lactones) is 1. The fourth-order valence-electron chi connectivity index (χ4n) is 6.29. The third kappa shape index (κ3) is 16.0. The Morgan fingerprint density at radius 2 is 1.26 bits per heavy atom. The highest BCUT2D eigenvalue weighted by Gasteiger charge is 2.34. The third-order valence-corrected chi connectivity index (χ3v) is 8.94. The van der Waals surface area contributed by atoms with E-state index < -0.39 is 18.3 Å². The maximum atomic E-state index is 12.2. The number of carbonyl (C=O) groups excluding carboxylic acids is 2. The smallest absolute Gasteiger partial charge is 0.334 e. The molecule has 7 heteroatoms. The Morgan fingerprint density at radius 1 is 0.762 bits per heavy atom. The van der Waals surface area contributed by atoms with E-state index in [0.29, 0.717) is 37.7 Å². The Kier molecular flexibility index (Phi) is 19.6. The molecule has 1 saturated heterocycles. The number of hydrogen-bond donors (Lipinski definition) is 3. The lowest BCUT2D eigenvalue weighted by Crippen LogP contribution is -2.31. The van der Waals surface area contributed by atoms with Crippen molar-refractivity contribution in [1.29, 1.82) is 0 Å². The van der Waals surface area contributed by atoms with E-state index in [2.05, 4.69) is 6.92 Å². The summed E-state index contributed by atoms with van der Waals surface area (Å²) in [4.78, 5) is 23.8. The van der Waals surface area contributed by atoms with Gasteiger partial charge in [0.25, 0.3) is 0 Å². The molecule has 2 rings (SSSR count). The van der Waals surface area contributed by atoms with Crippen molar-refractivity contribution in [2.24, 2.45) is 0 Å². The third-order valence-electron chi connectivity index (χ3n) is 8.94. The average Bonchev–Trinajstić information content (AvgIpc) is 3.57. The van der Waals surface area contributed by atoms with Crippen LogP contribution in [0.5, 0.6) is 0 Å². The maximum absolute atomic E-state index is 12.2. The highest BCUT2D eigenvalue weighted by atomic mass is 16.5. The van der Waals surface area contributed by atoms with Crippen LogP contribution < -0.4 is 0 Å². The molecule has 3 N–H and O–H groups in total. The number of aliphatic hydroxyl groups is 3. The van der Waals surface area contributed by atoms with Crippen molar-refractivity contribution in [3.05, 3.63) is 11.6 Å². The minimum Gasteiger partial charge on any atom is -0.455 e. The zero-order valence-corrected chi connectivity index (χ0v) is 26.8. The molecule has 42 heavy (non-hydrogen) atoms. The Bertz CT molecular complexity index is 766. The van der Waals surface area contributed by atoms with Crippen LogP contribution in [0.3, 0.4) is 0 Å². The van der Waals surface area contributed by atoms with E-state index in [1.54, 1.807) is 13.0 Å². The van der Waals surface area contributed by atoms with Gasteiger partial charge in [-0.25, -0.2) is 4.79 Å². The summed E-state index contributed by atoms with van der Waals surface area (Å²) in [6.07, 6.45) is 21.8. The van der Waals surface area contributed by atoms with Crippen LogP contribution in [0.15, 0.2) is 11.6 Å². The van der Waals surface area contributed by atoms with Gasteiger partial charge in [-0.15, -0.1) is 0 Å². The number of ketones is 1. The normalized spacial score (nSPS) is 22.6. The first-order chi connectivity index (χ1) is 20.3. The second-order valence-electron chi connectivity index (χ2n) is 12.9. The standard InChI is InChI=1S/C35H62O7/c1-3-4-5-6-7-8-9-10-11-15-21-31(38)33-23-24-34(42-33)32(39)22-16-13-12-14-18-29(36)19-17-20-30(37)26-28-25-27(2)41-35(28)40/h25,27,30-34,37-39H,3-24,26H2,1-2H3. The molecule has 0 amide bonds. The molecule has 0 aliphatic carbocycles. The minimum absolute atomic E-state index is 0.143. The molecule has 0 aromatic carbocycles. The Labute approximate surface area is 255 Å². The van der Waals surface area contributed by atoms with Gasteiger partial charge in [-0.2, -0.15) is 0 Å². The van der Waals surface area contributed by atoms with Crippen molar-refractivity contribution in [2.75, 3.05) is 0 Å². The fourth-order valence-corrected chi connectivity index (χ4v) is 6.29. The largest absolute Gasteiger partial charge is 0.455 e. The number of Topliss-reactive ketones (excluding diaryl/α,β-unsaturated/α-hetero) is 1. The van der Waals surface area contributed by atoms with E-state index in [4.69, 9.17) is 9.47 Å². The maximum Gasteiger partial charge on any atom is 0.334 e. The van der Waals surface area contributed by atoms with E-state index in [0.717, 1.165) is 51.4 Å². The number of unbranched alkanes of at least 4 members (excludes halogenated alkanes) is 12. The lowest BCUT2D eigenvalue weighted by molar-refractivity contribution is -0.139. The summed E-state index contributed by atoms with van der Waals surface area (Å²) in [5.74, 6) is -0.129. The van der Waals surface area contributed by atoms with Gasteiger partial charge in [0.1, 0.15) is 11.9 Å². The van der Waals surface area contributed by atoms with Gasteiger partial charge in [-0.05, 0) is 57.9 Å². The van der Waals surface area contributed by atoms with Crippen molar-refractivity contribution in [3.63, 3.8) is 0 Å². The molecule has 2 aliphatic rings. The van der Waals surface area contributed by atoms with Crippen molar-refractivity contribution < 1.29 is 34.4 Å². The summed E-state index contributed by atoms with van der Waals surface area (Å²) >= 11 is 0. The van der Waals surface area contributed by atoms with Gasteiger partial charge >= 0.3 is 5.97 Å². The zero-order valence-electron chi connectivity index (χ0n) is 26.8. The molecule has 1 fully saturated rings. The molecule has 0 bridgehead atoms. The average molecular weight is 595 g/mol. The summed E-state index contributed by atoms with van der Waals surface area (Å²) in [6.45, 7) is 4.05. The van der Waals surface area contributed by atoms with E-state index in [1.165, 1.54) is 57.8 Å². The van der Waals surface area contributed by atoms with E-state index in [-0.39, 0.29) is 36.5 Å². The number of rotatable bonds is 26. The molecular formula is C35H62O7. The summed E-state index contributed by atoms with van der Waals surface area (Å²) in [6, 6.07) is 0. The highest BCUT2D eigenvalue weighted by Crippen LogP contribution is 2.28. The first kappa shape index (κ1) is 36.9. The topological polar surface area (TPSA) is 113 Å². The SMILES string of the molecule is CCCCCCCCCCCCC(O)C1CCC(C(O)CCCCCCC(=O)CCCC(O)CC2=CC(C)OC2=O)O1. The lowest BCUT2D eigenvalue weighted by atomic mass is 9.99. The summed E-state index contributed by atoms with van der Waals surface area (Å²) in [5, 5.41) is 31.3. The van der Waals surface area contributed by atoms with Crippen LogP contribution >= 0.6 is 0 Å². The van der Waals surface area contributed by atoms with Crippen LogP contribution in [0.4, 0.5) is 0 Å². The lowest BCUT2D eigenvalue weighted by Gasteiger charge is -2.22. The van der Waals surface area contributed by atoms with Gasteiger partial charge in [0.2, 0.25) is 0 Å². The molecule has 2 aliphatic heterocycles. The second kappa shape index (κ2) is 22.3. The van der Waals surface area contributed by atoms with Crippen LogP contribution in [-0.2, 0) is 19.1 Å². The summed E-state index contributed by atoms with van der Waals surface area (Å²) < 4.78 is 11.1. The van der Waals surface area contributed by atoms with Gasteiger partial charge in [0, 0.05) is 24.8 Å². The van der Waals surface area contributed by atoms with Crippen molar-refractivity contribution in [3.8, 4) is 0 Å². The molecule has 0 radical (unpaired) electrons. The fraction of sp³-hybridized carbons (Fsp3) is 0.886. The van der Waals surface area contributed by atoms with E-state index >= 15 is 0 Å². The first-order valence-electron chi connectivity index (χ1n) is 17.4. The number of carbonyl (C=O) groups is 2. The molecule has 0 aromatic heterocycles. The highest BCUT2D eigenvalue weighted by molar-refractivity contribution is 5.90. The second-order valence-corrected chi connectivity index (χ2v) is 12.9. The van der Waals surface area contributed by atoms with E-state index in [9.17, 15) is 24.9 Å². The van der Waals surface area contributed by atoms with Crippen LogP contribution in [0, 0.1) is 0 Å². The first-order valence-corrected chi connectivity index (χ1v) is 17.4. The predicted molar refractivity (Wildman–Crippen MR) is 167 cm³/mol. The van der Waals surface area contributed by atoms with Crippen LogP contribution in [0.25, 0.3) is 0 Å². The predicted octanol–water partition coefficient (Wildman–Crippen LogP) is 7.27.